The number of rotatable bonds is 5. The quantitative estimate of drug-likeness (QED) is 0.570. The Morgan fingerprint density at radius 1 is 1.50 bits per heavy atom. The van der Waals surface area contributed by atoms with Crippen LogP contribution in [0.15, 0.2) is 11.8 Å². The van der Waals surface area contributed by atoms with Gasteiger partial charge in [-0.1, -0.05) is 6.92 Å². The van der Waals surface area contributed by atoms with E-state index in [2.05, 4.69) is 0 Å². The molecular weight excluding hydrogens is 256 g/mol. The van der Waals surface area contributed by atoms with Crippen molar-refractivity contribution in [1.82, 2.24) is 0 Å². The van der Waals surface area contributed by atoms with Gasteiger partial charge in [0.15, 0.2) is 5.78 Å². The highest BCUT2D eigenvalue weighted by Crippen LogP contribution is 2.41. The smallest absolute Gasteiger partial charge is 0.312 e. The summed E-state index contributed by atoms with van der Waals surface area (Å²) < 4.78 is 9.99. The average molecular weight is 275 g/mol. The molecule has 0 saturated heterocycles. The van der Waals surface area contributed by atoms with Crippen LogP contribution in [0, 0.1) is 11.3 Å². The summed E-state index contributed by atoms with van der Waals surface area (Å²) in [5, 5.41) is 0. The van der Waals surface area contributed by atoms with E-state index < -0.39 is 5.41 Å². The Balaban J connectivity index is 3.02. The first-order valence-electron chi connectivity index (χ1n) is 5.89. The number of allylic oxidation sites excluding steroid dienone is 2. The SMILES string of the molecule is COC(=O)C1(CC(C)CCl)CC(=O)C=C(OC)C1. The van der Waals surface area contributed by atoms with E-state index in [-0.39, 0.29) is 24.1 Å². The maximum Gasteiger partial charge on any atom is 0.312 e. The van der Waals surface area contributed by atoms with Crippen molar-refractivity contribution in [3.05, 3.63) is 11.8 Å². The van der Waals surface area contributed by atoms with Gasteiger partial charge < -0.3 is 9.47 Å². The topological polar surface area (TPSA) is 52.6 Å². The molecule has 102 valence electrons. The summed E-state index contributed by atoms with van der Waals surface area (Å²) >= 11 is 5.80. The fraction of sp³-hybridized carbons (Fsp3) is 0.692. The van der Waals surface area contributed by atoms with E-state index in [4.69, 9.17) is 21.1 Å². The second kappa shape index (κ2) is 6.23. The van der Waals surface area contributed by atoms with Crippen molar-refractivity contribution in [2.75, 3.05) is 20.1 Å². The zero-order valence-electron chi connectivity index (χ0n) is 11.0. The second-order valence-corrected chi connectivity index (χ2v) is 5.18. The minimum Gasteiger partial charge on any atom is -0.501 e. The maximum atomic E-state index is 12.0. The van der Waals surface area contributed by atoms with E-state index in [1.165, 1.54) is 20.3 Å². The number of carbonyl (C=O) groups is 2. The summed E-state index contributed by atoms with van der Waals surface area (Å²) in [6, 6.07) is 0. The van der Waals surface area contributed by atoms with Gasteiger partial charge in [-0.2, -0.15) is 0 Å². The molecule has 2 atom stereocenters. The van der Waals surface area contributed by atoms with Crippen LogP contribution in [0.1, 0.15) is 26.2 Å². The number of hydrogen-bond acceptors (Lipinski definition) is 4. The molecule has 0 aromatic rings. The Morgan fingerprint density at radius 3 is 2.67 bits per heavy atom. The Hall–Kier alpha value is -1.03. The molecular formula is C13H19ClO4. The van der Waals surface area contributed by atoms with Crippen LogP contribution < -0.4 is 0 Å². The van der Waals surface area contributed by atoms with E-state index in [1.807, 2.05) is 6.92 Å². The summed E-state index contributed by atoms with van der Waals surface area (Å²) in [4.78, 5) is 23.8. The fourth-order valence-corrected chi connectivity index (χ4v) is 2.56. The number of alkyl halides is 1. The molecule has 4 nitrogen and oxygen atoms in total. The number of methoxy groups -OCH3 is 2. The molecule has 1 aliphatic carbocycles. The summed E-state index contributed by atoms with van der Waals surface area (Å²) in [6.45, 7) is 1.95. The summed E-state index contributed by atoms with van der Waals surface area (Å²) in [5.41, 5.74) is -0.833. The van der Waals surface area contributed by atoms with Crippen molar-refractivity contribution in [1.29, 1.82) is 0 Å². The molecule has 0 fully saturated rings. The molecule has 0 radical (unpaired) electrons. The van der Waals surface area contributed by atoms with Crippen molar-refractivity contribution < 1.29 is 19.1 Å². The summed E-state index contributed by atoms with van der Waals surface area (Å²) in [7, 11) is 2.84. The highest BCUT2D eigenvalue weighted by molar-refractivity contribution is 6.18. The van der Waals surface area contributed by atoms with Crippen molar-refractivity contribution >= 4 is 23.4 Å². The molecule has 0 aromatic carbocycles. The van der Waals surface area contributed by atoms with Crippen LogP contribution in [0.2, 0.25) is 0 Å². The lowest BCUT2D eigenvalue weighted by atomic mass is 9.70. The molecule has 5 heteroatoms. The third-order valence-corrected chi connectivity index (χ3v) is 3.76. The number of hydrogen-bond donors (Lipinski definition) is 0. The van der Waals surface area contributed by atoms with E-state index in [9.17, 15) is 9.59 Å². The van der Waals surface area contributed by atoms with Crippen LogP contribution in [0.3, 0.4) is 0 Å². The van der Waals surface area contributed by atoms with Gasteiger partial charge in [-0.25, -0.2) is 0 Å². The predicted molar refractivity (Wildman–Crippen MR) is 68.3 cm³/mol. The van der Waals surface area contributed by atoms with Gasteiger partial charge in [0.25, 0.3) is 0 Å². The molecule has 0 amide bonds. The normalized spacial score (nSPS) is 25.3. The van der Waals surface area contributed by atoms with Gasteiger partial charge in [0.05, 0.1) is 19.6 Å². The number of carbonyl (C=O) groups excluding carboxylic acids is 2. The number of halogens is 1. The Bertz CT molecular complexity index is 364. The fourth-order valence-electron chi connectivity index (χ4n) is 2.45. The van der Waals surface area contributed by atoms with E-state index in [0.717, 1.165) is 0 Å². The molecule has 1 rings (SSSR count). The van der Waals surface area contributed by atoms with Gasteiger partial charge in [0.1, 0.15) is 5.76 Å². The molecule has 0 aliphatic heterocycles. The van der Waals surface area contributed by atoms with Crippen LogP contribution in [-0.2, 0) is 19.1 Å². The molecule has 2 unspecified atom stereocenters. The van der Waals surface area contributed by atoms with Crippen LogP contribution in [0.5, 0.6) is 0 Å². The molecule has 0 spiro atoms. The van der Waals surface area contributed by atoms with Gasteiger partial charge >= 0.3 is 5.97 Å². The number of ketones is 1. The Morgan fingerprint density at radius 2 is 2.17 bits per heavy atom. The van der Waals surface area contributed by atoms with Gasteiger partial charge in [0.2, 0.25) is 0 Å². The predicted octanol–water partition coefficient (Wildman–Crippen LogP) is 2.30. The molecule has 0 saturated carbocycles. The summed E-state index contributed by atoms with van der Waals surface area (Å²) in [6.07, 6.45) is 2.53. The Kier molecular flexibility index (Phi) is 5.20. The zero-order chi connectivity index (χ0) is 13.8. The molecule has 0 bridgehead atoms. The largest absolute Gasteiger partial charge is 0.501 e. The minimum absolute atomic E-state index is 0.106. The third-order valence-electron chi connectivity index (χ3n) is 3.23. The minimum atomic E-state index is -0.833. The van der Waals surface area contributed by atoms with Crippen molar-refractivity contribution in [3.63, 3.8) is 0 Å². The first-order chi connectivity index (χ1) is 8.47. The van der Waals surface area contributed by atoms with E-state index in [1.54, 1.807) is 0 Å². The van der Waals surface area contributed by atoms with Gasteiger partial charge in [0, 0.05) is 24.8 Å². The third kappa shape index (κ3) is 3.25. The van der Waals surface area contributed by atoms with E-state index in [0.29, 0.717) is 24.5 Å². The maximum absolute atomic E-state index is 12.0. The molecule has 0 aromatic heterocycles. The lowest BCUT2D eigenvalue weighted by molar-refractivity contribution is -0.157. The van der Waals surface area contributed by atoms with Gasteiger partial charge in [-0.15, -0.1) is 11.6 Å². The first kappa shape index (κ1) is 15.0. The van der Waals surface area contributed by atoms with Crippen molar-refractivity contribution in [2.24, 2.45) is 11.3 Å². The first-order valence-corrected chi connectivity index (χ1v) is 6.42. The lowest BCUT2D eigenvalue weighted by Crippen LogP contribution is -2.39. The van der Waals surface area contributed by atoms with Crippen molar-refractivity contribution in [2.45, 2.75) is 26.2 Å². The lowest BCUT2D eigenvalue weighted by Gasteiger charge is -2.34. The second-order valence-electron chi connectivity index (χ2n) is 4.87. The van der Waals surface area contributed by atoms with Crippen LogP contribution in [0.4, 0.5) is 0 Å². The van der Waals surface area contributed by atoms with Gasteiger partial charge in [-0.05, 0) is 12.3 Å². The number of esters is 1. The van der Waals surface area contributed by atoms with Crippen molar-refractivity contribution in [3.8, 4) is 0 Å². The summed E-state index contributed by atoms with van der Waals surface area (Å²) in [5.74, 6) is 0.632. The zero-order valence-corrected chi connectivity index (χ0v) is 11.8. The van der Waals surface area contributed by atoms with E-state index >= 15 is 0 Å². The molecule has 0 N–H and O–H groups in total. The number of ether oxygens (including phenoxy) is 2. The molecule has 18 heavy (non-hydrogen) atoms. The highest BCUT2D eigenvalue weighted by atomic mass is 35.5. The van der Waals surface area contributed by atoms with Crippen LogP contribution in [-0.4, -0.2) is 31.9 Å². The van der Waals surface area contributed by atoms with Crippen LogP contribution >= 0.6 is 11.6 Å². The Labute approximate surface area is 112 Å². The monoisotopic (exact) mass is 274 g/mol. The molecule has 0 heterocycles. The highest BCUT2D eigenvalue weighted by Gasteiger charge is 2.45. The standard InChI is InChI=1S/C13H19ClO4/c1-9(8-14)5-13(12(16)18-3)6-10(15)4-11(7-13)17-2/h4,9H,5-8H2,1-3H3. The van der Waals surface area contributed by atoms with Crippen LogP contribution in [0.25, 0.3) is 0 Å². The molecule has 1 aliphatic rings. The average Bonchev–Trinajstić information content (AvgIpc) is 2.36. The van der Waals surface area contributed by atoms with Gasteiger partial charge in [-0.3, -0.25) is 9.59 Å².